The number of alkyl halides is 6. The van der Waals surface area contributed by atoms with Crippen LogP contribution < -0.4 is 0 Å². The number of piperidine rings is 1. The van der Waals surface area contributed by atoms with E-state index in [4.69, 9.17) is 4.74 Å². The van der Waals surface area contributed by atoms with Crippen molar-refractivity contribution in [2.24, 2.45) is 0 Å². The summed E-state index contributed by atoms with van der Waals surface area (Å²) >= 11 is 0. The highest BCUT2D eigenvalue weighted by Crippen LogP contribution is 2.43. The molecule has 0 amide bonds. The number of rotatable bonds is 7. The Morgan fingerprint density at radius 1 is 0.865 bits per heavy atom. The average Bonchev–Trinajstić information content (AvgIpc) is 2.89. The van der Waals surface area contributed by atoms with Crippen molar-refractivity contribution in [1.29, 1.82) is 0 Å². The van der Waals surface area contributed by atoms with Crippen molar-refractivity contribution in [2.75, 3.05) is 26.3 Å². The summed E-state index contributed by atoms with van der Waals surface area (Å²) in [5, 5.41) is 9.97. The van der Waals surface area contributed by atoms with Gasteiger partial charge in [-0.2, -0.15) is 26.3 Å². The second-order valence-corrected chi connectivity index (χ2v) is 10.3. The highest BCUT2D eigenvalue weighted by molar-refractivity contribution is 5.35. The summed E-state index contributed by atoms with van der Waals surface area (Å²) in [4.78, 5) is 2.54. The Morgan fingerprint density at radius 2 is 1.43 bits per heavy atom. The minimum absolute atomic E-state index is 0.0886. The van der Waals surface area contributed by atoms with Gasteiger partial charge in [-0.25, -0.2) is 0 Å². The maximum atomic E-state index is 13.4. The summed E-state index contributed by atoms with van der Waals surface area (Å²) in [7, 11) is 0. The molecule has 1 saturated carbocycles. The standard InChI is InChI=1S/C28H33F6NO2/c29-27(30,31)22-15-20(16-23(17-22)28(32,33)34)25(18-36)37-19-26(21-7-3-1-4-8-21)11-9-24(10-12-26)35-13-5-2-6-14-35/h1,3-4,7-8,15-17,24-25,36H,2,5-6,9-14,18-19H2/t24-,25?,26+. The molecule has 1 atom stereocenters. The molecule has 0 radical (unpaired) electrons. The summed E-state index contributed by atoms with van der Waals surface area (Å²) in [6, 6.07) is 11.5. The number of hydrogen-bond donors (Lipinski definition) is 1. The lowest BCUT2D eigenvalue weighted by Gasteiger charge is -2.45. The van der Waals surface area contributed by atoms with Gasteiger partial charge in [0, 0.05) is 11.5 Å². The van der Waals surface area contributed by atoms with Crippen LogP contribution in [0.4, 0.5) is 26.3 Å². The zero-order valence-corrected chi connectivity index (χ0v) is 20.6. The fraction of sp³-hybridized carbons (Fsp3) is 0.571. The smallest absolute Gasteiger partial charge is 0.393 e. The Balaban J connectivity index is 1.57. The largest absolute Gasteiger partial charge is 0.416 e. The van der Waals surface area contributed by atoms with Gasteiger partial charge in [0.25, 0.3) is 0 Å². The normalized spacial score (nSPS) is 24.7. The second-order valence-electron chi connectivity index (χ2n) is 10.3. The molecule has 37 heavy (non-hydrogen) atoms. The van der Waals surface area contributed by atoms with Crippen molar-refractivity contribution >= 4 is 0 Å². The van der Waals surface area contributed by atoms with Crippen LogP contribution in [0.2, 0.25) is 0 Å². The zero-order valence-electron chi connectivity index (χ0n) is 20.6. The van der Waals surface area contributed by atoms with Crippen LogP contribution >= 0.6 is 0 Å². The van der Waals surface area contributed by atoms with Crippen LogP contribution in [-0.2, 0) is 22.5 Å². The molecule has 2 fully saturated rings. The van der Waals surface area contributed by atoms with Gasteiger partial charge < -0.3 is 14.7 Å². The van der Waals surface area contributed by atoms with Gasteiger partial charge in [0.1, 0.15) is 6.10 Å². The van der Waals surface area contributed by atoms with Gasteiger partial charge in [0.2, 0.25) is 0 Å². The Kier molecular flexibility index (Phi) is 8.55. The van der Waals surface area contributed by atoms with Crippen molar-refractivity contribution in [3.63, 3.8) is 0 Å². The third kappa shape index (κ3) is 6.67. The molecule has 204 valence electrons. The monoisotopic (exact) mass is 529 g/mol. The van der Waals surface area contributed by atoms with Gasteiger partial charge in [-0.3, -0.25) is 0 Å². The Morgan fingerprint density at radius 3 is 1.95 bits per heavy atom. The number of ether oxygens (including phenoxy) is 1. The summed E-state index contributed by atoms with van der Waals surface area (Å²) in [6.07, 6.45) is -4.17. The quantitative estimate of drug-likeness (QED) is 0.387. The molecular formula is C28H33F6NO2. The highest BCUT2D eigenvalue weighted by Gasteiger charge is 2.41. The van der Waals surface area contributed by atoms with Crippen molar-refractivity contribution in [2.45, 2.75) is 74.9 Å². The molecule has 1 unspecified atom stereocenters. The number of likely N-dealkylation sites (tertiary alicyclic amines) is 1. The van der Waals surface area contributed by atoms with E-state index < -0.39 is 41.6 Å². The minimum Gasteiger partial charge on any atom is -0.393 e. The predicted molar refractivity (Wildman–Crippen MR) is 128 cm³/mol. The predicted octanol–water partition coefficient (Wildman–Crippen LogP) is 7.14. The van der Waals surface area contributed by atoms with E-state index in [-0.39, 0.29) is 18.2 Å². The first-order valence-corrected chi connectivity index (χ1v) is 12.8. The molecular weight excluding hydrogens is 496 g/mol. The SMILES string of the molecule is OCC(OC[C@]1(c2ccccc2)CC[C@@H](N2CCCCC2)CC1)c1cc(C(F)(F)F)cc(C(F)(F)F)c1. The van der Waals surface area contributed by atoms with Crippen molar-refractivity contribution in [3.05, 3.63) is 70.8 Å². The van der Waals surface area contributed by atoms with Gasteiger partial charge in [0.05, 0.1) is 24.3 Å². The topological polar surface area (TPSA) is 32.7 Å². The fourth-order valence-electron chi connectivity index (χ4n) is 5.79. The summed E-state index contributed by atoms with van der Waals surface area (Å²) in [5.74, 6) is 0. The number of aliphatic hydroxyl groups excluding tert-OH is 1. The lowest BCUT2D eigenvalue weighted by molar-refractivity contribution is -0.143. The number of aliphatic hydroxyl groups is 1. The van der Waals surface area contributed by atoms with Crippen LogP contribution in [0.3, 0.4) is 0 Å². The van der Waals surface area contributed by atoms with E-state index in [0.717, 1.165) is 44.3 Å². The third-order valence-electron chi connectivity index (χ3n) is 7.91. The van der Waals surface area contributed by atoms with E-state index >= 15 is 0 Å². The van der Waals surface area contributed by atoms with E-state index in [9.17, 15) is 31.4 Å². The summed E-state index contributed by atoms with van der Waals surface area (Å²) < 4.78 is 86.3. The molecule has 3 nitrogen and oxygen atoms in total. The van der Waals surface area contributed by atoms with E-state index in [1.807, 2.05) is 30.3 Å². The molecule has 1 N–H and O–H groups in total. The lowest BCUT2D eigenvalue weighted by atomic mass is 9.68. The average molecular weight is 530 g/mol. The molecule has 0 spiro atoms. The molecule has 0 bridgehead atoms. The van der Waals surface area contributed by atoms with Gasteiger partial charge in [-0.05, 0) is 80.9 Å². The Hall–Kier alpha value is -2.10. The van der Waals surface area contributed by atoms with Gasteiger partial charge in [-0.15, -0.1) is 0 Å². The number of nitrogens with zero attached hydrogens (tertiary/aromatic N) is 1. The summed E-state index contributed by atoms with van der Waals surface area (Å²) in [6.45, 7) is 1.53. The first kappa shape index (κ1) is 27.9. The number of halogens is 6. The third-order valence-corrected chi connectivity index (χ3v) is 7.91. The molecule has 1 aliphatic heterocycles. The zero-order chi connectivity index (χ0) is 26.7. The minimum atomic E-state index is -4.96. The molecule has 9 heteroatoms. The first-order valence-electron chi connectivity index (χ1n) is 12.8. The molecule has 2 aromatic rings. The van der Waals surface area contributed by atoms with Gasteiger partial charge >= 0.3 is 12.4 Å². The highest BCUT2D eigenvalue weighted by atomic mass is 19.4. The second kappa shape index (κ2) is 11.3. The maximum Gasteiger partial charge on any atom is 0.416 e. The van der Waals surface area contributed by atoms with Crippen LogP contribution in [0.25, 0.3) is 0 Å². The molecule has 1 heterocycles. The lowest BCUT2D eigenvalue weighted by Crippen LogP contribution is -2.46. The van der Waals surface area contributed by atoms with Crippen molar-refractivity contribution in [3.8, 4) is 0 Å². The van der Waals surface area contributed by atoms with E-state index in [1.165, 1.54) is 19.3 Å². The molecule has 2 aromatic carbocycles. The number of hydrogen-bond acceptors (Lipinski definition) is 3. The summed E-state index contributed by atoms with van der Waals surface area (Å²) in [5.41, 5.74) is -2.58. The van der Waals surface area contributed by atoms with Gasteiger partial charge in [0.15, 0.2) is 0 Å². The van der Waals surface area contributed by atoms with Crippen molar-refractivity contribution in [1.82, 2.24) is 4.90 Å². The Bertz CT molecular complexity index is 977. The molecule has 1 aliphatic carbocycles. The molecule has 0 aromatic heterocycles. The fourth-order valence-corrected chi connectivity index (χ4v) is 5.79. The van der Waals surface area contributed by atoms with Crippen LogP contribution in [0.1, 0.15) is 73.3 Å². The van der Waals surface area contributed by atoms with Crippen LogP contribution in [0, 0.1) is 0 Å². The maximum absolute atomic E-state index is 13.4. The van der Waals surface area contributed by atoms with E-state index in [1.54, 1.807) is 0 Å². The first-order chi connectivity index (χ1) is 17.5. The van der Waals surface area contributed by atoms with Crippen LogP contribution in [-0.4, -0.2) is 42.4 Å². The van der Waals surface area contributed by atoms with E-state index in [2.05, 4.69) is 4.90 Å². The number of benzene rings is 2. The molecule has 1 saturated heterocycles. The molecule has 2 aliphatic rings. The Labute approximate surface area is 213 Å². The van der Waals surface area contributed by atoms with Crippen LogP contribution in [0.15, 0.2) is 48.5 Å². The van der Waals surface area contributed by atoms with Crippen LogP contribution in [0.5, 0.6) is 0 Å². The van der Waals surface area contributed by atoms with Gasteiger partial charge in [-0.1, -0.05) is 36.8 Å². The van der Waals surface area contributed by atoms with E-state index in [0.29, 0.717) is 18.2 Å². The van der Waals surface area contributed by atoms with Crippen molar-refractivity contribution < 1.29 is 36.2 Å². The molecule has 4 rings (SSSR count).